The fourth-order valence-electron chi connectivity index (χ4n) is 4.91. The third kappa shape index (κ3) is 4.92. The number of fused-ring (bicyclic) bond motifs is 1. The summed E-state index contributed by atoms with van der Waals surface area (Å²) in [6.07, 6.45) is 11.0. The lowest BCUT2D eigenvalue weighted by molar-refractivity contribution is 0.230. The molecule has 2 unspecified atom stereocenters. The van der Waals surface area contributed by atoms with Crippen LogP contribution in [-0.2, 0) is 0 Å². The van der Waals surface area contributed by atoms with Gasteiger partial charge in [-0.25, -0.2) is 23.9 Å². The highest BCUT2D eigenvalue weighted by Gasteiger charge is 2.23. The molecule has 0 spiro atoms. The molecule has 10 nitrogen and oxygen atoms in total. The average Bonchev–Trinajstić information content (AvgIpc) is 3.65. The Morgan fingerprint density at radius 2 is 1.56 bits per heavy atom. The first-order chi connectivity index (χ1) is 19.0. The number of anilines is 2. The van der Waals surface area contributed by atoms with E-state index in [2.05, 4.69) is 47.9 Å². The van der Waals surface area contributed by atoms with Gasteiger partial charge in [0.2, 0.25) is 5.95 Å². The van der Waals surface area contributed by atoms with E-state index < -0.39 is 0 Å². The third-order valence-electron chi connectivity index (χ3n) is 7.43. The van der Waals surface area contributed by atoms with E-state index in [9.17, 15) is 9.50 Å². The summed E-state index contributed by atoms with van der Waals surface area (Å²) in [5.41, 5.74) is 4.91. The lowest BCUT2D eigenvalue weighted by Crippen LogP contribution is -2.47. The van der Waals surface area contributed by atoms with E-state index in [4.69, 9.17) is 0 Å². The minimum absolute atomic E-state index is 0.0325. The van der Waals surface area contributed by atoms with Gasteiger partial charge in [-0.2, -0.15) is 10.2 Å². The molecule has 6 rings (SSSR count). The monoisotopic (exact) mass is 527 g/mol. The summed E-state index contributed by atoms with van der Waals surface area (Å²) in [6.45, 7) is 7.10. The maximum Gasteiger partial charge on any atom is 0.225 e. The van der Waals surface area contributed by atoms with E-state index in [-0.39, 0.29) is 24.4 Å². The first-order valence-corrected chi connectivity index (χ1v) is 13.1. The number of nitrogens with zero attached hydrogens (tertiary/aromatic N) is 9. The Kier molecular flexibility index (Phi) is 6.65. The van der Waals surface area contributed by atoms with Crippen molar-refractivity contribution >= 4 is 17.3 Å². The van der Waals surface area contributed by atoms with Gasteiger partial charge in [0.15, 0.2) is 5.82 Å². The fourth-order valence-corrected chi connectivity index (χ4v) is 4.91. The van der Waals surface area contributed by atoms with Crippen molar-refractivity contribution in [3.8, 4) is 11.1 Å². The molecule has 0 aliphatic carbocycles. The second-order valence-electron chi connectivity index (χ2n) is 9.95. The molecule has 0 saturated carbocycles. The van der Waals surface area contributed by atoms with Crippen LogP contribution in [0, 0.1) is 5.82 Å². The molecule has 1 fully saturated rings. The molecule has 11 heteroatoms. The van der Waals surface area contributed by atoms with E-state index in [1.54, 1.807) is 29.3 Å². The van der Waals surface area contributed by atoms with Crippen molar-refractivity contribution < 1.29 is 9.50 Å². The second-order valence-corrected chi connectivity index (χ2v) is 9.95. The number of aliphatic hydroxyl groups excluding tert-OH is 1. The van der Waals surface area contributed by atoms with Crippen molar-refractivity contribution in [2.24, 2.45) is 0 Å². The third-order valence-corrected chi connectivity index (χ3v) is 7.43. The number of rotatable bonds is 7. The molecule has 39 heavy (non-hydrogen) atoms. The van der Waals surface area contributed by atoms with Crippen molar-refractivity contribution in [3.63, 3.8) is 0 Å². The number of hydrogen-bond acceptors (Lipinski definition) is 8. The summed E-state index contributed by atoms with van der Waals surface area (Å²) >= 11 is 0. The highest BCUT2D eigenvalue weighted by atomic mass is 19.1. The van der Waals surface area contributed by atoms with Crippen LogP contribution >= 0.6 is 0 Å². The highest BCUT2D eigenvalue weighted by molar-refractivity contribution is 5.77. The Labute approximate surface area is 225 Å². The molecule has 1 aliphatic heterocycles. The van der Waals surface area contributed by atoms with E-state index in [1.807, 2.05) is 36.2 Å². The normalized spacial score (nSPS) is 15.6. The molecule has 4 aromatic heterocycles. The molecule has 1 saturated heterocycles. The molecule has 1 N–H and O–H groups in total. The highest BCUT2D eigenvalue weighted by Crippen LogP contribution is 2.28. The van der Waals surface area contributed by atoms with Crippen molar-refractivity contribution in [1.82, 2.24) is 34.3 Å². The van der Waals surface area contributed by atoms with Gasteiger partial charge in [0, 0.05) is 68.0 Å². The molecular weight excluding hydrogens is 497 g/mol. The van der Waals surface area contributed by atoms with Crippen molar-refractivity contribution in [1.29, 1.82) is 0 Å². The molecule has 0 amide bonds. The molecule has 0 radical (unpaired) electrons. The predicted octanol–water partition coefficient (Wildman–Crippen LogP) is 3.55. The summed E-state index contributed by atoms with van der Waals surface area (Å²) in [5, 5.41) is 18.2. The van der Waals surface area contributed by atoms with Crippen LogP contribution in [0.2, 0.25) is 0 Å². The van der Waals surface area contributed by atoms with E-state index in [0.29, 0.717) is 5.95 Å². The maximum absolute atomic E-state index is 13.3. The SMILES string of the molecule is CC(c1ccc(F)cc1)c1cnc(N2CCN(c3ncnn4cc(-c5cnn(C(C)CO)c5)cc34)CC2)nc1. The second kappa shape index (κ2) is 10.4. The number of halogens is 1. The van der Waals surface area contributed by atoms with Crippen molar-refractivity contribution in [3.05, 3.63) is 84.6 Å². The van der Waals surface area contributed by atoms with Gasteiger partial charge in [-0.1, -0.05) is 19.1 Å². The summed E-state index contributed by atoms with van der Waals surface area (Å²) in [6, 6.07) is 8.56. The molecular formula is C28H30FN9O. The fraction of sp³-hybridized carbons (Fsp3) is 0.321. The van der Waals surface area contributed by atoms with Gasteiger partial charge < -0.3 is 14.9 Å². The quantitative estimate of drug-likeness (QED) is 0.343. The van der Waals surface area contributed by atoms with E-state index in [0.717, 1.165) is 59.8 Å². The molecule has 1 aliphatic rings. The van der Waals surface area contributed by atoms with Crippen LogP contribution in [0.25, 0.3) is 16.6 Å². The van der Waals surface area contributed by atoms with Crippen LogP contribution in [0.4, 0.5) is 16.2 Å². The minimum atomic E-state index is -0.238. The number of hydrogen-bond donors (Lipinski definition) is 1. The van der Waals surface area contributed by atoms with Crippen LogP contribution in [0.5, 0.6) is 0 Å². The van der Waals surface area contributed by atoms with Gasteiger partial charge in [0.25, 0.3) is 0 Å². The zero-order valence-electron chi connectivity index (χ0n) is 21.9. The van der Waals surface area contributed by atoms with Crippen LogP contribution in [-0.4, -0.2) is 72.2 Å². The Bertz CT molecular complexity index is 1560. The van der Waals surface area contributed by atoms with Gasteiger partial charge in [-0.3, -0.25) is 4.68 Å². The smallest absolute Gasteiger partial charge is 0.225 e. The summed E-state index contributed by atoms with van der Waals surface area (Å²) < 4.78 is 16.9. The molecule has 1 aromatic carbocycles. The molecule has 5 aromatic rings. The summed E-state index contributed by atoms with van der Waals surface area (Å²) in [5.74, 6) is 1.43. The Morgan fingerprint density at radius 1 is 0.846 bits per heavy atom. The van der Waals surface area contributed by atoms with Crippen molar-refractivity contribution in [2.45, 2.75) is 25.8 Å². The largest absolute Gasteiger partial charge is 0.394 e. The number of benzene rings is 1. The summed E-state index contributed by atoms with van der Waals surface area (Å²) in [7, 11) is 0. The van der Waals surface area contributed by atoms with Crippen LogP contribution < -0.4 is 9.80 Å². The molecule has 0 bridgehead atoms. The number of piperazine rings is 1. The number of aromatic nitrogens is 7. The average molecular weight is 528 g/mol. The predicted molar refractivity (Wildman–Crippen MR) is 146 cm³/mol. The topological polar surface area (TPSA) is 100 Å². The minimum Gasteiger partial charge on any atom is -0.394 e. The standard InChI is InChI=1S/C28H30FN9O/c1-19(17-39)37-16-24(14-33-37)22-11-26-27(32-18-34-38(26)15-22)35-7-9-36(10-8-35)28-30-12-23(13-31-28)20(2)21-3-5-25(29)6-4-21/h3-6,11-16,18-20,39H,7-10,17H2,1-2H3. The van der Waals surface area contributed by atoms with E-state index >= 15 is 0 Å². The molecule has 2 atom stereocenters. The van der Waals surface area contributed by atoms with E-state index in [1.165, 1.54) is 12.1 Å². The van der Waals surface area contributed by atoms with Crippen LogP contribution in [0.1, 0.15) is 36.9 Å². The first-order valence-electron chi connectivity index (χ1n) is 13.1. The van der Waals surface area contributed by atoms with Gasteiger partial charge in [-0.05, 0) is 36.2 Å². The van der Waals surface area contributed by atoms with Crippen molar-refractivity contribution in [2.75, 3.05) is 42.6 Å². The lowest BCUT2D eigenvalue weighted by Gasteiger charge is -2.35. The van der Waals surface area contributed by atoms with Gasteiger partial charge in [-0.15, -0.1) is 0 Å². The Hall–Kier alpha value is -4.38. The van der Waals surface area contributed by atoms with Gasteiger partial charge >= 0.3 is 0 Å². The lowest BCUT2D eigenvalue weighted by atomic mass is 9.95. The zero-order valence-corrected chi connectivity index (χ0v) is 21.9. The van der Waals surface area contributed by atoms with Crippen LogP contribution in [0.3, 0.4) is 0 Å². The summed E-state index contributed by atoms with van der Waals surface area (Å²) in [4.78, 5) is 18.3. The Morgan fingerprint density at radius 3 is 2.28 bits per heavy atom. The van der Waals surface area contributed by atoms with Gasteiger partial charge in [0.05, 0.1) is 18.8 Å². The zero-order chi connectivity index (χ0) is 26.9. The molecule has 200 valence electrons. The maximum atomic E-state index is 13.3. The van der Waals surface area contributed by atoms with Crippen LogP contribution in [0.15, 0.2) is 67.6 Å². The van der Waals surface area contributed by atoms with Gasteiger partial charge in [0.1, 0.15) is 17.7 Å². The number of aliphatic hydroxyl groups is 1. The first kappa shape index (κ1) is 24.9. The molecule has 5 heterocycles. The Balaban J connectivity index is 1.14.